The van der Waals surface area contributed by atoms with Gasteiger partial charge < -0.3 is 14.4 Å². The SMILES string of the molecule is O=C(c1ccc2ncccc2c1)N1CCC(OC[C@@H]2CCCO2)CC1. The lowest BCUT2D eigenvalue weighted by Gasteiger charge is -2.32. The number of nitrogens with zero attached hydrogens (tertiary/aromatic N) is 2. The van der Waals surface area contributed by atoms with E-state index in [1.54, 1.807) is 6.20 Å². The van der Waals surface area contributed by atoms with Gasteiger partial charge in [-0.05, 0) is 49.9 Å². The van der Waals surface area contributed by atoms with Crippen molar-refractivity contribution < 1.29 is 14.3 Å². The monoisotopic (exact) mass is 340 g/mol. The van der Waals surface area contributed by atoms with Gasteiger partial charge in [0, 0.05) is 36.8 Å². The molecular weight excluding hydrogens is 316 g/mol. The Labute approximate surface area is 147 Å². The Hall–Kier alpha value is -1.98. The van der Waals surface area contributed by atoms with Crippen LogP contribution in [-0.2, 0) is 9.47 Å². The molecule has 0 aliphatic carbocycles. The number of likely N-dealkylation sites (tertiary alicyclic amines) is 1. The van der Waals surface area contributed by atoms with Gasteiger partial charge in [-0.15, -0.1) is 0 Å². The fourth-order valence-corrected chi connectivity index (χ4v) is 3.64. The number of amides is 1. The molecule has 0 saturated carbocycles. The van der Waals surface area contributed by atoms with Gasteiger partial charge in [-0.3, -0.25) is 9.78 Å². The van der Waals surface area contributed by atoms with Crippen LogP contribution in [-0.4, -0.2) is 54.3 Å². The van der Waals surface area contributed by atoms with Crippen LogP contribution in [0.2, 0.25) is 0 Å². The van der Waals surface area contributed by atoms with Gasteiger partial charge in [0.2, 0.25) is 0 Å². The fraction of sp³-hybridized carbons (Fsp3) is 0.500. The van der Waals surface area contributed by atoms with Gasteiger partial charge in [-0.2, -0.15) is 0 Å². The van der Waals surface area contributed by atoms with E-state index in [0.29, 0.717) is 6.61 Å². The minimum atomic E-state index is 0.100. The summed E-state index contributed by atoms with van der Waals surface area (Å²) in [5.41, 5.74) is 1.65. The molecule has 0 spiro atoms. The van der Waals surface area contributed by atoms with Crippen LogP contribution in [0.15, 0.2) is 36.5 Å². The molecule has 3 heterocycles. The number of hydrogen-bond donors (Lipinski definition) is 0. The largest absolute Gasteiger partial charge is 0.376 e. The minimum Gasteiger partial charge on any atom is -0.376 e. The van der Waals surface area contributed by atoms with E-state index in [4.69, 9.17) is 9.47 Å². The predicted octanol–water partition coefficient (Wildman–Crippen LogP) is 3.04. The molecule has 132 valence electrons. The first-order chi connectivity index (χ1) is 12.3. The second-order valence-corrected chi connectivity index (χ2v) is 6.87. The fourth-order valence-electron chi connectivity index (χ4n) is 3.64. The molecule has 0 radical (unpaired) electrons. The third-order valence-electron chi connectivity index (χ3n) is 5.12. The Kier molecular flexibility index (Phi) is 4.95. The molecule has 1 atom stereocenters. The van der Waals surface area contributed by atoms with Crippen molar-refractivity contribution in [1.82, 2.24) is 9.88 Å². The van der Waals surface area contributed by atoms with E-state index in [-0.39, 0.29) is 18.1 Å². The van der Waals surface area contributed by atoms with Crippen molar-refractivity contribution in [3.8, 4) is 0 Å². The van der Waals surface area contributed by atoms with Gasteiger partial charge in [-0.1, -0.05) is 6.07 Å². The molecule has 5 nitrogen and oxygen atoms in total. The molecule has 2 aliphatic heterocycles. The molecule has 2 saturated heterocycles. The van der Waals surface area contributed by atoms with E-state index >= 15 is 0 Å². The van der Waals surface area contributed by atoms with Crippen LogP contribution in [0.25, 0.3) is 10.9 Å². The van der Waals surface area contributed by atoms with E-state index in [0.717, 1.165) is 61.8 Å². The lowest BCUT2D eigenvalue weighted by atomic mass is 10.0. The zero-order valence-corrected chi connectivity index (χ0v) is 14.4. The van der Waals surface area contributed by atoms with E-state index in [2.05, 4.69) is 4.98 Å². The molecule has 2 fully saturated rings. The number of ether oxygens (including phenoxy) is 2. The van der Waals surface area contributed by atoms with Crippen molar-refractivity contribution >= 4 is 16.8 Å². The lowest BCUT2D eigenvalue weighted by molar-refractivity contribution is -0.0395. The molecule has 1 aromatic heterocycles. The molecule has 0 unspecified atom stereocenters. The molecule has 1 amide bonds. The van der Waals surface area contributed by atoms with Gasteiger partial charge in [0.1, 0.15) is 0 Å². The summed E-state index contributed by atoms with van der Waals surface area (Å²) >= 11 is 0. The third-order valence-corrected chi connectivity index (χ3v) is 5.12. The predicted molar refractivity (Wildman–Crippen MR) is 95.6 cm³/mol. The first-order valence-corrected chi connectivity index (χ1v) is 9.17. The highest BCUT2D eigenvalue weighted by atomic mass is 16.5. The van der Waals surface area contributed by atoms with Crippen LogP contribution in [0.3, 0.4) is 0 Å². The van der Waals surface area contributed by atoms with E-state index in [1.807, 2.05) is 35.2 Å². The van der Waals surface area contributed by atoms with Gasteiger partial charge >= 0.3 is 0 Å². The third kappa shape index (κ3) is 3.83. The van der Waals surface area contributed by atoms with E-state index in [9.17, 15) is 4.79 Å². The Morgan fingerprint density at radius 1 is 1.24 bits per heavy atom. The molecule has 0 bridgehead atoms. The van der Waals surface area contributed by atoms with Crippen molar-refractivity contribution in [2.45, 2.75) is 37.9 Å². The zero-order valence-electron chi connectivity index (χ0n) is 14.4. The number of aromatic nitrogens is 1. The van der Waals surface area contributed by atoms with Gasteiger partial charge in [0.15, 0.2) is 0 Å². The summed E-state index contributed by atoms with van der Waals surface area (Å²) in [4.78, 5) is 19.0. The minimum absolute atomic E-state index is 0.100. The topological polar surface area (TPSA) is 51.7 Å². The maximum absolute atomic E-state index is 12.8. The first-order valence-electron chi connectivity index (χ1n) is 9.17. The maximum atomic E-state index is 12.8. The number of fused-ring (bicyclic) bond motifs is 1. The van der Waals surface area contributed by atoms with Crippen LogP contribution in [0.5, 0.6) is 0 Å². The average molecular weight is 340 g/mol. The second kappa shape index (κ2) is 7.50. The molecule has 25 heavy (non-hydrogen) atoms. The number of carbonyl (C=O) groups excluding carboxylic acids is 1. The number of piperidine rings is 1. The van der Waals surface area contributed by atoms with Gasteiger partial charge in [-0.25, -0.2) is 0 Å². The quantitative estimate of drug-likeness (QED) is 0.858. The Morgan fingerprint density at radius 3 is 2.92 bits per heavy atom. The molecular formula is C20H24N2O3. The number of rotatable bonds is 4. The Bertz CT molecular complexity index is 735. The van der Waals surface area contributed by atoms with Crippen molar-refractivity contribution in [3.63, 3.8) is 0 Å². The summed E-state index contributed by atoms with van der Waals surface area (Å²) in [6.45, 7) is 3.05. The average Bonchev–Trinajstić information content (AvgIpc) is 3.19. The molecule has 2 aromatic rings. The highest BCUT2D eigenvalue weighted by Gasteiger charge is 2.25. The summed E-state index contributed by atoms with van der Waals surface area (Å²) in [7, 11) is 0. The molecule has 0 N–H and O–H groups in total. The van der Waals surface area contributed by atoms with Gasteiger partial charge in [0.25, 0.3) is 5.91 Å². The first kappa shape index (κ1) is 16.5. The van der Waals surface area contributed by atoms with Crippen molar-refractivity contribution in [1.29, 1.82) is 0 Å². The van der Waals surface area contributed by atoms with Crippen LogP contribution < -0.4 is 0 Å². The lowest BCUT2D eigenvalue weighted by Crippen LogP contribution is -2.41. The standard InChI is InChI=1S/C20H24N2O3/c23-20(16-5-6-19-15(13-16)3-1-9-21-19)22-10-7-17(8-11-22)25-14-18-4-2-12-24-18/h1,3,5-6,9,13,17-18H,2,4,7-8,10-12,14H2/t18-/m0/s1. The Balaban J connectivity index is 1.32. The normalized spacial score (nSPS) is 21.8. The van der Waals surface area contributed by atoms with Crippen LogP contribution in [0, 0.1) is 0 Å². The second-order valence-electron chi connectivity index (χ2n) is 6.87. The maximum Gasteiger partial charge on any atom is 0.253 e. The smallest absolute Gasteiger partial charge is 0.253 e. The van der Waals surface area contributed by atoms with Crippen LogP contribution >= 0.6 is 0 Å². The summed E-state index contributed by atoms with van der Waals surface area (Å²) < 4.78 is 11.6. The number of benzene rings is 1. The van der Waals surface area contributed by atoms with Crippen LogP contribution in [0.4, 0.5) is 0 Å². The van der Waals surface area contributed by atoms with Gasteiger partial charge in [0.05, 0.1) is 24.3 Å². The molecule has 2 aliphatic rings. The summed E-state index contributed by atoms with van der Waals surface area (Å²) in [5, 5.41) is 1.00. The number of carbonyl (C=O) groups is 1. The van der Waals surface area contributed by atoms with Crippen molar-refractivity contribution in [2.24, 2.45) is 0 Å². The summed E-state index contributed by atoms with van der Waals surface area (Å²) in [6, 6.07) is 9.61. The number of pyridine rings is 1. The summed E-state index contributed by atoms with van der Waals surface area (Å²) in [6.07, 6.45) is 6.32. The molecule has 4 rings (SSSR count). The highest BCUT2D eigenvalue weighted by Crippen LogP contribution is 2.20. The highest BCUT2D eigenvalue weighted by molar-refractivity contribution is 5.97. The Morgan fingerprint density at radius 2 is 2.12 bits per heavy atom. The molecule has 5 heteroatoms. The number of hydrogen-bond acceptors (Lipinski definition) is 4. The van der Waals surface area contributed by atoms with Crippen molar-refractivity contribution in [3.05, 3.63) is 42.1 Å². The zero-order chi connectivity index (χ0) is 17.1. The summed E-state index contributed by atoms with van der Waals surface area (Å²) in [5.74, 6) is 0.100. The van der Waals surface area contributed by atoms with Crippen molar-refractivity contribution in [2.75, 3.05) is 26.3 Å². The van der Waals surface area contributed by atoms with E-state index in [1.165, 1.54) is 0 Å². The van der Waals surface area contributed by atoms with Crippen LogP contribution in [0.1, 0.15) is 36.0 Å². The molecule has 1 aromatic carbocycles. The van der Waals surface area contributed by atoms with E-state index < -0.39 is 0 Å².